The van der Waals surface area contributed by atoms with Crippen molar-refractivity contribution in [3.05, 3.63) is 53.3 Å². The molecule has 11 heteroatoms. The number of rotatable bonds is 8. The summed E-state index contributed by atoms with van der Waals surface area (Å²) in [6.45, 7) is 3.20. The Balaban J connectivity index is 1.55. The van der Waals surface area contributed by atoms with E-state index in [1.54, 1.807) is 55.2 Å². The molecule has 0 radical (unpaired) electrons. The largest absolute Gasteiger partial charge is 0.452 e. The summed E-state index contributed by atoms with van der Waals surface area (Å²) in [5.41, 5.74) is 1.84. The lowest BCUT2D eigenvalue weighted by Gasteiger charge is -2.10. The van der Waals surface area contributed by atoms with Crippen LogP contribution >= 0.6 is 11.8 Å². The first kappa shape index (κ1) is 23.1. The van der Waals surface area contributed by atoms with Gasteiger partial charge in [0.05, 0.1) is 22.7 Å². The van der Waals surface area contributed by atoms with E-state index in [2.05, 4.69) is 20.8 Å². The summed E-state index contributed by atoms with van der Waals surface area (Å²) in [6.07, 6.45) is 0. The SMILES string of the molecule is Cc1cc(NC(=O)COC(=O)c2ccccc2SCC(=O)Nc2cc(C)nn2C)n(C)n1. The molecule has 2 amide bonds. The van der Waals surface area contributed by atoms with Gasteiger partial charge in [0, 0.05) is 31.1 Å². The molecule has 0 aliphatic heterocycles. The van der Waals surface area contributed by atoms with Crippen LogP contribution in [0.25, 0.3) is 0 Å². The maximum absolute atomic E-state index is 12.5. The first-order valence-corrected chi connectivity index (χ1v) is 10.7. The van der Waals surface area contributed by atoms with E-state index in [0.717, 1.165) is 11.4 Å². The minimum Gasteiger partial charge on any atom is -0.452 e. The molecule has 2 heterocycles. The Morgan fingerprint density at radius 3 is 2.06 bits per heavy atom. The molecular formula is C21H24N6O4S. The van der Waals surface area contributed by atoms with E-state index in [9.17, 15) is 14.4 Å². The first-order chi connectivity index (χ1) is 15.2. The zero-order valence-corrected chi connectivity index (χ0v) is 19.0. The van der Waals surface area contributed by atoms with Gasteiger partial charge in [0.25, 0.3) is 5.91 Å². The van der Waals surface area contributed by atoms with E-state index in [1.165, 1.54) is 16.4 Å². The number of ether oxygens (including phenoxy) is 1. The molecular weight excluding hydrogens is 432 g/mol. The molecule has 2 aromatic heterocycles. The van der Waals surface area contributed by atoms with Crippen molar-refractivity contribution in [2.45, 2.75) is 18.7 Å². The van der Waals surface area contributed by atoms with E-state index in [1.807, 2.05) is 13.8 Å². The van der Waals surface area contributed by atoms with Gasteiger partial charge in [-0.15, -0.1) is 11.8 Å². The number of amides is 2. The van der Waals surface area contributed by atoms with Crippen LogP contribution in [0.15, 0.2) is 41.3 Å². The molecule has 0 aliphatic rings. The average Bonchev–Trinajstić information content (AvgIpc) is 3.23. The molecule has 0 aliphatic carbocycles. The van der Waals surface area contributed by atoms with Crippen LogP contribution in [0.1, 0.15) is 21.7 Å². The van der Waals surface area contributed by atoms with Gasteiger partial charge in [0.1, 0.15) is 11.6 Å². The number of hydrogen-bond acceptors (Lipinski definition) is 7. The number of benzene rings is 1. The van der Waals surface area contributed by atoms with Crippen LogP contribution in [0.2, 0.25) is 0 Å². The van der Waals surface area contributed by atoms with Crippen molar-refractivity contribution in [3.63, 3.8) is 0 Å². The summed E-state index contributed by atoms with van der Waals surface area (Å²) in [5, 5.41) is 13.7. The van der Waals surface area contributed by atoms with Crippen LogP contribution in [0.4, 0.5) is 11.6 Å². The van der Waals surface area contributed by atoms with Gasteiger partial charge in [0.15, 0.2) is 6.61 Å². The minimum absolute atomic E-state index is 0.0921. The number of esters is 1. The quantitative estimate of drug-likeness (QED) is 0.394. The molecule has 3 aromatic rings. The van der Waals surface area contributed by atoms with Crippen molar-refractivity contribution in [2.24, 2.45) is 14.1 Å². The molecule has 0 atom stereocenters. The van der Waals surface area contributed by atoms with E-state index < -0.39 is 18.5 Å². The predicted molar refractivity (Wildman–Crippen MR) is 121 cm³/mol. The molecule has 0 bridgehead atoms. The Morgan fingerprint density at radius 2 is 1.50 bits per heavy atom. The smallest absolute Gasteiger partial charge is 0.339 e. The van der Waals surface area contributed by atoms with Gasteiger partial charge in [-0.05, 0) is 26.0 Å². The van der Waals surface area contributed by atoms with Crippen molar-refractivity contribution in [1.29, 1.82) is 0 Å². The molecule has 0 saturated carbocycles. The van der Waals surface area contributed by atoms with Gasteiger partial charge in [-0.25, -0.2) is 4.79 Å². The molecule has 0 saturated heterocycles. The van der Waals surface area contributed by atoms with Gasteiger partial charge in [0.2, 0.25) is 5.91 Å². The molecule has 32 heavy (non-hydrogen) atoms. The highest BCUT2D eigenvalue weighted by Crippen LogP contribution is 2.24. The third-order valence-corrected chi connectivity index (χ3v) is 5.41. The van der Waals surface area contributed by atoms with Crippen LogP contribution in [-0.2, 0) is 28.4 Å². The summed E-state index contributed by atoms with van der Waals surface area (Å²) in [5.74, 6) is -0.157. The summed E-state index contributed by atoms with van der Waals surface area (Å²) < 4.78 is 8.28. The van der Waals surface area contributed by atoms with E-state index in [-0.39, 0.29) is 17.2 Å². The molecule has 3 rings (SSSR count). The summed E-state index contributed by atoms with van der Waals surface area (Å²) >= 11 is 1.20. The Morgan fingerprint density at radius 1 is 0.938 bits per heavy atom. The lowest BCUT2D eigenvalue weighted by atomic mass is 10.2. The second-order valence-corrected chi connectivity index (χ2v) is 8.06. The summed E-state index contributed by atoms with van der Waals surface area (Å²) in [7, 11) is 3.44. The fraction of sp³-hybridized carbons (Fsp3) is 0.286. The van der Waals surface area contributed by atoms with E-state index >= 15 is 0 Å². The maximum atomic E-state index is 12.5. The molecule has 2 N–H and O–H groups in total. The number of hydrogen-bond donors (Lipinski definition) is 2. The lowest BCUT2D eigenvalue weighted by molar-refractivity contribution is -0.119. The zero-order chi connectivity index (χ0) is 23.3. The molecule has 0 fully saturated rings. The number of nitrogens with one attached hydrogen (secondary N) is 2. The fourth-order valence-corrected chi connectivity index (χ4v) is 3.77. The van der Waals surface area contributed by atoms with E-state index in [0.29, 0.717) is 16.5 Å². The monoisotopic (exact) mass is 456 g/mol. The highest BCUT2D eigenvalue weighted by Gasteiger charge is 2.17. The Kier molecular flexibility index (Phi) is 7.31. The Labute approximate surface area is 189 Å². The summed E-state index contributed by atoms with van der Waals surface area (Å²) in [6, 6.07) is 10.3. The second kappa shape index (κ2) is 10.1. The second-order valence-electron chi connectivity index (χ2n) is 7.05. The number of carbonyl (C=O) groups is 3. The number of anilines is 2. The maximum Gasteiger partial charge on any atom is 0.339 e. The van der Waals surface area contributed by atoms with Crippen molar-refractivity contribution in [2.75, 3.05) is 23.0 Å². The topological polar surface area (TPSA) is 120 Å². The highest BCUT2D eigenvalue weighted by atomic mass is 32.2. The number of nitrogens with zero attached hydrogens (tertiary/aromatic N) is 4. The average molecular weight is 457 g/mol. The normalized spacial score (nSPS) is 10.6. The Hall–Kier alpha value is -3.60. The van der Waals surface area contributed by atoms with Crippen molar-refractivity contribution >= 4 is 41.2 Å². The van der Waals surface area contributed by atoms with E-state index in [4.69, 9.17) is 4.74 Å². The highest BCUT2D eigenvalue weighted by molar-refractivity contribution is 8.00. The molecule has 0 unspecified atom stereocenters. The number of aromatic nitrogens is 4. The van der Waals surface area contributed by atoms with Crippen molar-refractivity contribution in [1.82, 2.24) is 19.6 Å². The van der Waals surface area contributed by atoms with Crippen molar-refractivity contribution in [3.8, 4) is 0 Å². The van der Waals surface area contributed by atoms with Crippen molar-refractivity contribution < 1.29 is 19.1 Å². The first-order valence-electron chi connectivity index (χ1n) is 9.73. The van der Waals surface area contributed by atoms with Crippen LogP contribution in [0.5, 0.6) is 0 Å². The number of carbonyl (C=O) groups excluding carboxylic acids is 3. The molecule has 168 valence electrons. The molecule has 10 nitrogen and oxygen atoms in total. The third-order valence-electron chi connectivity index (χ3n) is 4.34. The summed E-state index contributed by atoms with van der Waals surface area (Å²) in [4.78, 5) is 37.5. The lowest BCUT2D eigenvalue weighted by Crippen LogP contribution is -2.22. The predicted octanol–water partition coefficient (Wildman–Crippen LogP) is 2.30. The Bertz CT molecular complexity index is 1150. The molecule has 0 spiro atoms. The van der Waals surface area contributed by atoms with Gasteiger partial charge in [-0.3, -0.25) is 19.0 Å². The number of aryl methyl sites for hydroxylation is 4. The van der Waals surface area contributed by atoms with Gasteiger partial charge in [-0.2, -0.15) is 10.2 Å². The van der Waals surface area contributed by atoms with Crippen LogP contribution < -0.4 is 10.6 Å². The van der Waals surface area contributed by atoms with Crippen LogP contribution in [0, 0.1) is 13.8 Å². The third kappa shape index (κ3) is 5.97. The zero-order valence-electron chi connectivity index (χ0n) is 18.2. The van der Waals surface area contributed by atoms with Crippen LogP contribution in [-0.4, -0.2) is 49.7 Å². The van der Waals surface area contributed by atoms with Gasteiger partial charge >= 0.3 is 5.97 Å². The standard InChI is InChI=1S/C21H24N6O4S/c1-13-9-17(26(3)24-13)22-19(28)11-31-21(30)15-7-5-6-8-16(15)32-12-20(29)23-18-10-14(2)25-27(18)4/h5-10H,11-12H2,1-4H3,(H,22,28)(H,23,29). The van der Waals surface area contributed by atoms with Gasteiger partial charge < -0.3 is 15.4 Å². The molecule has 1 aromatic carbocycles. The van der Waals surface area contributed by atoms with Crippen LogP contribution in [0.3, 0.4) is 0 Å². The fourth-order valence-electron chi connectivity index (χ4n) is 2.93. The van der Waals surface area contributed by atoms with Gasteiger partial charge in [-0.1, -0.05) is 12.1 Å². The minimum atomic E-state index is -0.646. The number of thioether (sulfide) groups is 1.